The first kappa shape index (κ1) is 27.8. The first-order valence-electron chi connectivity index (χ1n) is 15.3. The third kappa shape index (κ3) is 4.00. The number of aromatic nitrogens is 2. The van der Waals surface area contributed by atoms with Gasteiger partial charge in [0, 0.05) is 27.1 Å². The highest BCUT2D eigenvalue weighted by atomic mass is 19.1. The summed E-state index contributed by atoms with van der Waals surface area (Å²) in [5.41, 5.74) is 9.61. The molecule has 0 saturated heterocycles. The average molecular weight is 602 g/mol. The Morgan fingerprint density at radius 2 is 0.935 bits per heavy atom. The molecule has 0 radical (unpaired) electrons. The molecule has 0 unspecified atom stereocenters. The van der Waals surface area contributed by atoms with Crippen molar-refractivity contribution < 1.29 is 8.78 Å². The number of nitrogens with zero attached hydrogens (tertiary/aromatic N) is 3. The summed E-state index contributed by atoms with van der Waals surface area (Å²) in [6, 6.07) is 35.0. The van der Waals surface area contributed by atoms with Crippen LogP contribution in [0.5, 0.6) is 0 Å². The van der Waals surface area contributed by atoms with Gasteiger partial charge in [-0.1, -0.05) is 52.6 Å². The minimum absolute atomic E-state index is 0.164. The van der Waals surface area contributed by atoms with Gasteiger partial charge in [0.2, 0.25) is 0 Å². The maximum Gasteiger partial charge on any atom is 0.134 e. The van der Waals surface area contributed by atoms with Crippen LogP contribution in [0.4, 0.5) is 8.78 Å². The Bertz CT molecular complexity index is 2470. The second-order valence-electron chi connectivity index (χ2n) is 12.3. The fourth-order valence-corrected chi connectivity index (χ4v) is 7.07. The van der Waals surface area contributed by atoms with Crippen molar-refractivity contribution in [1.82, 2.24) is 9.13 Å². The number of hydrogen-bond donors (Lipinski definition) is 0. The minimum atomic E-state index is -0.687. The van der Waals surface area contributed by atoms with Crippen molar-refractivity contribution in [3.8, 4) is 28.6 Å². The molecule has 6 aromatic carbocycles. The molecule has 0 bridgehead atoms. The predicted octanol–water partition coefficient (Wildman–Crippen LogP) is 10.9. The highest BCUT2D eigenvalue weighted by Gasteiger charge is 2.26. The molecule has 222 valence electrons. The van der Waals surface area contributed by atoms with Crippen LogP contribution in [0.25, 0.3) is 66.1 Å². The topological polar surface area (TPSA) is 33.6 Å². The Morgan fingerprint density at radius 3 is 1.35 bits per heavy atom. The molecule has 0 aliphatic carbocycles. The molecule has 0 N–H and O–H groups in total. The second kappa shape index (κ2) is 10.2. The van der Waals surface area contributed by atoms with Crippen molar-refractivity contribution in [2.24, 2.45) is 0 Å². The lowest BCUT2D eigenvalue weighted by Crippen LogP contribution is -2.07. The maximum absolute atomic E-state index is 15.7. The lowest BCUT2D eigenvalue weighted by atomic mass is 9.97. The van der Waals surface area contributed by atoms with Crippen molar-refractivity contribution in [2.75, 3.05) is 0 Å². The molecule has 8 rings (SSSR count). The molecular formula is C41H29F2N3. The van der Waals surface area contributed by atoms with Crippen molar-refractivity contribution in [2.45, 2.75) is 27.7 Å². The quantitative estimate of drug-likeness (QED) is 0.198. The molecule has 3 nitrogen and oxygen atoms in total. The molecule has 0 spiro atoms. The molecule has 0 fully saturated rings. The maximum atomic E-state index is 15.7. The third-order valence-corrected chi connectivity index (χ3v) is 9.12. The van der Waals surface area contributed by atoms with Gasteiger partial charge in [0.1, 0.15) is 23.3 Å². The van der Waals surface area contributed by atoms with Crippen LogP contribution in [0.15, 0.2) is 103 Å². The summed E-state index contributed by atoms with van der Waals surface area (Å²) in [5, 5.41) is 15.3. The molecule has 0 atom stereocenters. The highest BCUT2D eigenvalue weighted by Crippen LogP contribution is 2.43. The van der Waals surface area contributed by atoms with Gasteiger partial charge in [0.15, 0.2) is 0 Å². The predicted molar refractivity (Wildman–Crippen MR) is 184 cm³/mol. The van der Waals surface area contributed by atoms with E-state index in [1.54, 1.807) is 6.07 Å². The van der Waals surface area contributed by atoms with Crippen LogP contribution in [0.1, 0.15) is 27.8 Å². The van der Waals surface area contributed by atoms with Crippen LogP contribution in [0.3, 0.4) is 0 Å². The minimum Gasteiger partial charge on any atom is -0.308 e. The van der Waals surface area contributed by atoms with E-state index >= 15 is 8.78 Å². The van der Waals surface area contributed by atoms with Gasteiger partial charge in [0.25, 0.3) is 0 Å². The summed E-state index contributed by atoms with van der Waals surface area (Å²) in [5.74, 6) is -1.37. The summed E-state index contributed by atoms with van der Waals surface area (Å²) in [6.45, 7) is 8.23. The molecule has 0 amide bonds. The Kier molecular flexibility index (Phi) is 6.13. The van der Waals surface area contributed by atoms with Gasteiger partial charge in [0.05, 0.1) is 39.0 Å². The van der Waals surface area contributed by atoms with Gasteiger partial charge in [-0.3, -0.25) is 0 Å². The van der Waals surface area contributed by atoms with Crippen LogP contribution < -0.4 is 0 Å². The number of aryl methyl sites for hydroxylation is 4. The number of nitriles is 1. The smallest absolute Gasteiger partial charge is 0.134 e. The van der Waals surface area contributed by atoms with E-state index in [-0.39, 0.29) is 5.56 Å². The van der Waals surface area contributed by atoms with E-state index in [4.69, 9.17) is 0 Å². The van der Waals surface area contributed by atoms with E-state index in [2.05, 4.69) is 73.0 Å². The van der Waals surface area contributed by atoms with Gasteiger partial charge in [-0.15, -0.1) is 0 Å². The summed E-state index contributed by atoms with van der Waals surface area (Å²) in [6.07, 6.45) is 0. The molecule has 5 heteroatoms. The third-order valence-electron chi connectivity index (χ3n) is 9.12. The van der Waals surface area contributed by atoms with Gasteiger partial charge in [-0.25, -0.2) is 8.78 Å². The SMILES string of the molecule is Cc1ccc2c(c1)c1cc(C)ccc1n2-c1ccc(-c2c(F)cccc2F)c(-n2c3ccc(C)cc3c3cc(C)ccc32)c1C#N. The Balaban J connectivity index is 1.60. The summed E-state index contributed by atoms with van der Waals surface area (Å²) in [7, 11) is 0. The molecule has 0 saturated carbocycles. The lowest BCUT2D eigenvalue weighted by molar-refractivity contribution is 0.589. The van der Waals surface area contributed by atoms with E-state index in [1.807, 2.05) is 48.7 Å². The number of rotatable bonds is 3. The van der Waals surface area contributed by atoms with Crippen molar-refractivity contribution in [3.05, 3.63) is 143 Å². The van der Waals surface area contributed by atoms with E-state index in [9.17, 15) is 5.26 Å². The normalized spacial score (nSPS) is 11.7. The molecule has 0 aliphatic rings. The fourth-order valence-electron chi connectivity index (χ4n) is 7.07. The molecule has 2 aromatic heterocycles. The first-order chi connectivity index (χ1) is 22.2. The van der Waals surface area contributed by atoms with Gasteiger partial charge in [-0.2, -0.15) is 5.26 Å². The summed E-state index contributed by atoms with van der Waals surface area (Å²) >= 11 is 0. The Labute approximate surface area is 265 Å². The van der Waals surface area contributed by atoms with Crippen molar-refractivity contribution in [1.29, 1.82) is 5.26 Å². The molecule has 2 heterocycles. The zero-order valence-electron chi connectivity index (χ0n) is 25.9. The van der Waals surface area contributed by atoms with E-state index < -0.39 is 11.6 Å². The number of fused-ring (bicyclic) bond motifs is 6. The summed E-state index contributed by atoms with van der Waals surface area (Å²) < 4.78 is 35.4. The second-order valence-corrected chi connectivity index (χ2v) is 12.3. The Hall–Kier alpha value is -5.73. The molecule has 8 aromatic rings. The number of benzene rings is 6. The van der Waals surface area contributed by atoms with Crippen molar-refractivity contribution >= 4 is 43.6 Å². The fraction of sp³-hybridized carbons (Fsp3) is 0.0976. The van der Waals surface area contributed by atoms with Crippen LogP contribution >= 0.6 is 0 Å². The largest absolute Gasteiger partial charge is 0.308 e. The van der Waals surface area contributed by atoms with Crippen LogP contribution in [0, 0.1) is 50.7 Å². The van der Waals surface area contributed by atoms with Crippen LogP contribution in [-0.4, -0.2) is 9.13 Å². The zero-order valence-corrected chi connectivity index (χ0v) is 25.9. The van der Waals surface area contributed by atoms with Crippen molar-refractivity contribution in [3.63, 3.8) is 0 Å². The van der Waals surface area contributed by atoms with Gasteiger partial charge >= 0.3 is 0 Å². The summed E-state index contributed by atoms with van der Waals surface area (Å²) in [4.78, 5) is 0. The standard InChI is InChI=1S/C41H29F2N3/c1-23-8-13-35-28(18-23)29-19-24(2)9-14-36(29)45(35)39-17-12-27(40-33(42)6-5-7-34(40)43)41(32(39)22-44)46-37-15-10-25(3)20-30(37)31-21-26(4)11-16-38(31)46/h5-21H,1-4H3. The zero-order chi connectivity index (χ0) is 31.9. The number of hydrogen-bond acceptors (Lipinski definition) is 1. The van der Waals surface area contributed by atoms with Gasteiger partial charge in [-0.05, 0) is 100 Å². The van der Waals surface area contributed by atoms with E-state index in [0.717, 1.165) is 65.9 Å². The molecule has 46 heavy (non-hydrogen) atoms. The van der Waals surface area contributed by atoms with E-state index in [0.29, 0.717) is 22.5 Å². The Morgan fingerprint density at radius 1 is 0.522 bits per heavy atom. The van der Waals surface area contributed by atoms with Gasteiger partial charge < -0.3 is 9.13 Å². The monoisotopic (exact) mass is 601 g/mol. The van der Waals surface area contributed by atoms with Crippen LogP contribution in [0.2, 0.25) is 0 Å². The molecule has 0 aliphatic heterocycles. The first-order valence-corrected chi connectivity index (χ1v) is 15.3. The highest BCUT2D eigenvalue weighted by molar-refractivity contribution is 6.12. The average Bonchev–Trinajstić information content (AvgIpc) is 3.51. The van der Waals surface area contributed by atoms with E-state index in [1.165, 1.54) is 18.2 Å². The lowest BCUT2D eigenvalue weighted by Gasteiger charge is -2.20. The number of halogens is 2. The van der Waals surface area contributed by atoms with Crippen LogP contribution in [-0.2, 0) is 0 Å². The molecular weight excluding hydrogens is 572 g/mol.